The van der Waals surface area contributed by atoms with Gasteiger partial charge < -0.3 is 20.1 Å². The summed E-state index contributed by atoms with van der Waals surface area (Å²) in [5.74, 6) is 0.693. The van der Waals surface area contributed by atoms with E-state index in [0.717, 1.165) is 22.7 Å². The van der Waals surface area contributed by atoms with E-state index in [1.165, 1.54) is 0 Å². The molecule has 0 atom stereocenters. The highest BCUT2D eigenvalue weighted by Crippen LogP contribution is 2.17. The Hall–Kier alpha value is -2.53. The van der Waals surface area contributed by atoms with E-state index < -0.39 is 0 Å². The fraction of sp³-hybridized carbons (Fsp3) is 0.316. The standard InChI is InChI=1S/C19H24N2O3/c1-15-4-3-5-18(14-15)24-13-10-19(23)20-16-6-8-17(9-7-16)21(2)11-12-22/h3-9,14,22H,10-13H2,1-2H3,(H,20,23). The van der Waals surface area contributed by atoms with E-state index in [0.29, 0.717) is 19.6 Å². The summed E-state index contributed by atoms with van der Waals surface area (Å²) < 4.78 is 5.58. The van der Waals surface area contributed by atoms with Crippen LogP contribution in [0.15, 0.2) is 48.5 Å². The van der Waals surface area contributed by atoms with Gasteiger partial charge in [0.2, 0.25) is 5.91 Å². The number of carbonyl (C=O) groups is 1. The number of aliphatic hydroxyl groups is 1. The topological polar surface area (TPSA) is 61.8 Å². The lowest BCUT2D eigenvalue weighted by atomic mass is 10.2. The van der Waals surface area contributed by atoms with Crippen molar-refractivity contribution in [3.05, 3.63) is 54.1 Å². The van der Waals surface area contributed by atoms with Crippen LogP contribution >= 0.6 is 0 Å². The molecule has 0 heterocycles. The zero-order chi connectivity index (χ0) is 17.4. The van der Waals surface area contributed by atoms with Crippen LogP contribution in [-0.4, -0.2) is 37.8 Å². The number of hydrogen-bond donors (Lipinski definition) is 2. The largest absolute Gasteiger partial charge is 0.493 e. The predicted octanol–water partition coefficient (Wildman–Crippen LogP) is 2.83. The number of aliphatic hydroxyl groups excluding tert-OH is 1. The summed E-state index contributed by atoms with van der Waals surface area (Å²) in [5.41, 5.74) is 2.87. The van der Waals surface area contributed by atoms with E-state index >= 15 is 0 Å². The molecular weight excluding hydrogens is 304 g/mol. The minimum absolute atomic E-state index is 0.0842. The van der Waals surface area contributed by atoms with Gasteiger partial charge in [0.25, 0.3) is 0 Å². The monoisotopic (exact) mass is 328 g/mol. The lowest BCUT2D eigenvalue weighted by Gasteiger charge is -2.18. The number of benzene rings is 2. The molecule has 0 aliphatic heterocycles. The summed E-state index contributed by atoms with van der Waals surface area (Å²) in [7, 11) is 1.91. The summed E-state index contributed by atoms with van der Waals surface area (Å²) in [6, 6.07) is 15.3. The van der Waals surface area contributed by atoms with Gasteiger partial charge in [0.15, 0.2) is 0 Å². The van der Waals surface area contributed by atoms with Crippen molar-refractivity contribution in [1.29, 1.82) is 0 Å². The van der Waals surface area contributed by atoms with Gasteiger partial charge in [-0.05, 0) is 48.9 Å². The van der Waals surface area contributed by atoms with E-state index in [4.69, 9.17) is 9.84 Å². The Kier molecular flexibility index (Phi) is 6.63. The van der Waals surface area contributed by atoms with E-state index in [-0.39, 0.29) is 12.5 Å². The van der Waals surface area contributed by atoms with Crippen molar-refractivity contribution in [2.75, 3.05) is 37.0 Å². The third-order valence-electron chi connectivity index (χ3n) is 3.61. The smallest absolute Gasteiger partial charge is 0.227 e. The molecule has 24 heavy (non-hydrogen) atoms. The van der Waals surface area contributed by atoms with Crippen LogP contribution in [0.5, 0.6) is 5.75 Å². The van der Waals surface area contributed by atoms with Gasteiger partial charge in [-0.3, -0.25) is 4.79 Å². The summed E-state index contributed by atoms with van der Waals surface area (Å²) in [6.07, 6.45) is 0.292. The number of rotatable bonds is 8. The van der Waals surface area contributed by atoms with E-state index in [1.54, 1.807) is 0 Å². The Bertz CT molecular complexity index is 656. The number of ether oxygens (including phenoxy) is 1. The summed E-state index contributed by atoms with van der Waals surface area (Å²) in [6.45, 7) is 3.02. The average molecular weight is 328 g/mol. The molecule has 2 rings (SSSR count). The lowest BCUT2D eigenvalue weighted by Crippen LogP contribution is -2.21. The van der Waals surface area contributed by atoms with Crippen molar-refractivity contribution in [3.63, 3.8) is 0 Å². The summed E-state index contributed by atoms with van der Waals surface area (Å²) in [4.78, 5) is 13.9. The molecule has 0 saturated carbocycles. The number of aryl methyl sites for hydroxylation is 1. The Morgan fingerprint density at radius 1 is 1.21 bits per heavy atom. The maximum absolute atomic E-state index is 12.0. The number of nitrogens with zero attached hydrogens (tertiary/aromatic N) is 1. The number of nitrogens with one attached hydrogen (secondary N) is 1. The van der Waals surface area contributed by atoms with Crippen molar-refractivity contribution in [2.45, 2.75) is 13.3 Å². The van der Waals surface area contributed by atoms with Gasteiger partial charge in [0, 0.05) is 25.0 Å². The normalized spacial score (nSPS) is 10.3. The van der Waals surface area contributed by atoms with E-state index in [1.807, 2.05) is 67.4 Å². The van der Waals surface area contributed by atoms with Crippen LogP contribution in [0.4, 0.5) is 11.4 Å². The second-order valence-corrected chi connectivity index (χ2v) is 5.66. The van der Waals surface area contributed by atoms with Crippen LogP contribution in [0, 0.1) is 6.92 Å². The first-order valence-electron chi connectivity index (χ1n) is 8.00. The Morgan fingerprint density at radius 3 is 2.62 bits per heavy atom. The highest BCUT2D eigenvalue weighted by Gasteiger charge is 2.05. The second kappa shape index (κ2) is 8.93. The van der Waals surface area contributed by atoms with Crippen LogP contribution in [0.1, 0.15) is 12.0 Å². The first-order valence-corrected chi connectivity index (χ1v) is 8.00. The van der Waals surface area contributed by atoms with E-state index in [2.05, 4.69) is 5.32 Å². The average Bonchev–Trinajstić information content (AvgIpc) is 2.56. The Labute approximate surface area is 142 Å². The van der Waals surface area contributed by atoms with Gasteiger partial charge in [0.1, 0.15) is 5.75 Å². The molecule has 2 aromatic carbocycles. The first kappa shape index (κ1) is 17.8. The molecule has 0 fully saturated rings. The summed E-state index contributed by atoms with van der Waals surface area (Å²) in [5, 5.41) is 11.8. The van der Waals surface area contributed by atoms with Crippen molar-refractivity contribution in [2.24, 2.45) is 0 Å². The molecule has 2 N–H and O–H groups in total. The van der Waals surface area contributed by atoms with Gasteiger partial charge in [-0.15, -0.1) is 0 Å². The third-order valence-corrected chi connectivity index (χ3v) is 3.61. The fourth-order valence-corrected chi connectivity index (χ4v) is 2.27. The molecule has 0 aliphatic carbocycles. The van der Waals surface area contributed by atoms with Crippen LogP contribution in [0.2, 0.25) is 0 Å². The molecular formula is C19H24N2O3. The van der Waals surface area contributed by atoms with Crippen LogP contribution in [0.3, 0.4) is 0 Å². The Morgan fingerprint density at radius 2 is 1.96 bits per heavy atom. The molecule has 0 aliphatic rings. The highest BCUT2D eigenvalue weighted by atomic mass is 16.5. The van der Waals surface area contributed by atoms with Crippen LogP contribution < -0.4 is 15.0 Å². The minimum atomic E-state index is -0.0842. The molecule has 1 amide bonds. The predicted molar refractivity (Wildman–Crippen MR) is 96.7 cm³/mol. The molecule has 0 unspecified atom stereocenters. The van der Waals surface area contributed by atoms with Gasteiger partial charge in [-0.2, -0.15) is 0 Å². The highest BCUT2D eigenvalue weighted by molar-refractivity contribution is 5.90. The molecule has 0 aromatic heterocycles. The Balaban J connectivity index is 1.77. The third kappa shape index (κ3) is 5.59. The second-order valence-electron chi connectivity index (χ2n) is 5.66. The number of anilines is 2. The molecule has 5 nitrogen and oxygen atoms in total. The molecule has 0 bridgehead atoms. The van der Waals surface area contributed by atoms with Crippen LogP contribution in [-0.2, 0) is 4.79 Å². The number of amides is 1. The quantitative estimate of drug-likeness (QED) is 0.782. The number of likely N-dealkylation sites (N-methyl/N-ethyl adjacent to an activating group) is 1. The van der Waals surface area contributed by atoms with Gasteiger partial charge in [-0.25, -0.2) is 0 Å². The van der Waals surface area contributed by atoms with Gasteiger partial charge >= 0.3 is 0 Å². The zero-order valence-corrected chi connectivity index (χ0v) is 14.2. The van der Waals surface area contributed by atoms with Crippen molar-refractivity contribution < 1.29 is 14.6 Å². The van der Waals surface area contributed by atoms with Crippen molar-refractivity contribution >= 4 is 17.3 Å². The molecule has 5 heteroatoms. The van der Waals surface area contributed by atoms with Crippen molar-refractivity contribution in [3.8, 4) is 5.75 Å². The molecule has 0 saturated heterocycles. The van der Waals surface area contributed by atoms with Gasteiger partial charge in [-0.1, -0.05) is 12.1 Å². The summed E-state index contributed by atoms with van der Waals surface area (Å²) >= 11 is 0. The zero-order valence-electron chi connectivity index (χ0n) is 14.2. The van der Waals surface area contributed by atoms with Crippen LogP contribution in [0.25, 0.3) is 0 Å². The molecule has 2 aromatic rings. The van der Waals surface area contributed by atoms with Gasteiger partial charge in [0.05, 0.1) is 19.6 Å². The minimum Gasteiger partial charge on any atom is -0.493 e. The number of hydrogen-bond acceptors (Lipinski definition) is 4. The fourth-order valence-electron chi connectivity index (χ4n) is 2.27. The SMILES string of the molecule is Cc1cccc(OCCC(=O)Nc2ccc(N(C)CCO)cc2)c1. The molecule has 128 valence electrons. The molecule has 0 spiro atoms. The molecule has 0 radical (unpaired) electrons. The lowest BCUT2D eigenvalue weighted by molar-refractivity contribution is -0.116. The maximum atomic E-state index is 12.0. The first-order chi connectivity index (χ1) is 11.6. The van der Waals surface area contributed by atoms with E-state index in [9.17, 15) is 4.79 Å². The number of carbonyl (C=O) groups excluding carboxylic acids is 1. The maximum Gasteiger partial charge on any atom is 0.227 e. The van der Waals surface area contributed by atoms with Crippen molar-refractivity contribution in [1.82, 2.24) is 0 Å².